The summed E-state index contributed by atoms with van der Waals surface area (Å²) < 4.78 is 0. The van der Waals surface area contributed by atoms with Gasteiger partial charge in [-0.15, -0.1) is 0 Å². The topological polar surface area (TPSA) is 104 Å². The molecule has 2 heterocycles. The summed E-state index contributed by atoms with van der Waals surface area (Å²) in [6, 6.07) is 6.22. The number of anilines is 2. The normalized spacial score (nSPS) is 14.9. The fraction of sp³-hybridized carbons (Fsp3) is 0.353. The Morgan fingerprint density at radius 1 is 1.23 bits per heavy atom. The molecule has 1 aliphatic heterocycles. The molecule has 136 valence electrons. The van der Waals surface area contributed by atoms with Crippen molar-refractivity contribution in [2.75, 3.05) is 42.9 Å². The zero-order valence-electron chi connectivity index (χ0n) is 14.5. The lowest BCUT2D eigenvalue weighted by Gasteiger charge is -2.34. The van der Waals surface area contributed by atoms with Crippen LogP contribution < -0.4 is 10.2 Å². The molecule has 1 aromatic carbocycles. The number of aromatic nitrogens is 2. The molecule has 2 aromatic rings. The summed E-state index contributed by atoms with van der Waals surface area (Å²) in [5.74, 6) is 0.516. The summed E-state index contributed by atoms with van der Waals surface area (Å²) in [6.07, 6.45) is 3.42. The second kappa shape index (κ2) is 7.87. The SMILES string of the molecule is Cc1ccc([N+](=O)[O-])cc1NC(=O)CN1CCN(c2ncccn2)CC1. The second-order valence-corrected chi connectivity index (χ2v) is 6.12. The summed E-state index contributed by atoms with van der Waals surface area (Å²) in [5, 5.41) is 13.7. The molecule has 0 aliphatic carbocycles. The van der Waals surface area contributed by atoms with Crippen LogP contribution in [0.25, 0.3) is 0 Å². The van der Waals surface area contributed by atoms with E-state index in [1.54, 1.807) is 31.5 Å². The molecular formula is C17H20N6O3. The molecule has 1 aliphatic rings. The zero-order valence-corrected chi connectivity index (χ0v) is 14.5. The van der Waals surface area contributed by atoms with Crippen molar-refractivity contribution in [1.82, 2.24) is 14.9 Å². The average molecular weight is 356 g/mol. The van der Waals surface area contributed by atoms with Gasteiger partial charge in [-0.25, -0.2) is 9.97 Å². The zero-order chi connectivity index (χ0) is 18.5. The third-order valence-corrected chi connectivity index (χ3v) is 4.28. The average Bonchev–Trinajstić information content (AvgIpc) is 2.64. The Kier molecular flexibility index (Phi) is 5.37. The Hall–Kier alpha value is -3.07. The lowest BCUT2D eigenvalue weighted by molar-refractivity contribution is -0.384. The van der Waals surface area contributed by atoms with Gasteiger partial charge in [0.25, 0.3) is 5.69 Å². The number of piperazine rings is 1. The van der Waals surface area contributed by atoms with Crippen molar-refractivity contribution in [3.05, 3.63) is 52.3 Å². The first-order valence-electron chi connectivity index (χ1n) is 8.32. The highest BCUT2D eigenvalue weighted by molar-refractivity contribution is 5.93. The van der Waals surface area contributed by atoms with Crippen molar-refractivity contribution < 1.29 is 9.72 Å². The number of aryl methyl sites for hydroxylation is 1. The van der Waals surface area contributed by atoms with Gasteiger partial charge in [0.1, 0.15) is 0 Å². The highest BCUT2D eigenvalue weighted by atomic mass is 16.6. The molecule has 1 saturated heterocycles. The fourth-order valence-corrected chi connectivity index (χ4v) is 2.81. The van der Waals surface area contributed by atoms with Crippen LogP contribution in [0.3, 0.4) is 0 Å². The number of nitro benzene ring substituents is 1. The van der Waals surface area contributed by atoms with Gasteiger partial charge in [-0.3, -0.25) is 19.8 Å². The molecule has 0 bridgehead atoms. The molecule has 1 N–H and O–H groups in total. The van der Waals surface area contributed by atoms with Crippen LogP contribution in [0.5, 0.6) is 0 Å². The molecule has 3 rings (SSSR count). The van der Waals surface area contributed by atoms with Crippen LogP contribution in [-0.4, -0.2) is 58.4 Å². The number of non-ortho nitro benzene ring substituents is 1. The summed E-state index contributed by atoms with van der Waals surface area (Å²) in [4.78, 5) is 35.3. The molecule has 9 heteroatoms. The standard InChI is InChI=1S/C17H20N6O3/c1-13-3-4-14(23(25)26)11-15(13)20-16(24)12-21-7-9-22(10-8-21)17-18-5-2-6-19-17/h2-6,11H,7-10,12H2,1H3,(H,20,24). The lowest BCUT2D eigenvalue weighted by atomic mass is 10.2. The van der Waals surface area contributed by atoms with Gasteiger partial charge in [-0.05, 0) is 18.6 Å². The number of amides is 1. The van der Waals surface area contributed by atoms with E-state index in [9.17, 15) is 14.9 Å². The monoisotopic (exact) mass is 356 g/mol. The number of hydrogen-bond acceptors (Lipinski definition) is 7. The van der Waals surface area contributed by atoms with Gasteiger partial charge in [-0.2, -0.15) is 0 Å². The van der Waals surface area contributed by atoms with Crippen LogP contribution >= 0.6 is 0 Å². The molecule has 1 amide bonds. The molecule has 0 unspecified atom stereocenters. The van der Waals surface area contributed by atoms with Crippen molar-refractivity contribution in [3.8, 4) is 0 Å². The van der Waals surface area contributed by atoms with E-state index in [1.807, 2.05) is 4.90 Å². The third-order valence-electron chi connectivity index (χ3n) is 4.28. The van der Waals surface area contributed by atoms with E-state index in [2.05, 4.69) is 20.2 Å². The highest BCUT2D eigenvalue weighted by Gasteiger charge is 2.21. The number of carbonyl (C=O) groups is 1. The second-order valence-electron chi connectivity index (χ2n) is 6.12. The Labute approximate surface area is 150 Å². The smallest absolute Gasteiger partial charge is 0.271 e. The van der Waals surface area contributed by atoms with Crippen LogP contribution in [0.4, 0.5) is 17.3 Å². The Morgan fingerprint density at radius 2 is 1.92 bits per heavy atom. The van der Waals surface area contributed by atoms with Crippen LogP contribution in [0.1, 0.15) is 5.56 Å². The minimum Gasteiger partial charge on any atom is -0.338 e. The predicted molar refractivity (Wildman–Crippen MR) is 97.1 cm³/mol. The van der Waals surface area contributed by atoms with Crippen LogP contribution in [0, 0.1) is 17.0 Å². The summed E-state index contributed by atoms with van der Waals surface area (Å²) in [5.41, 5.74) is 1.22. The first-order valence-corrected chi connectivity index (χ1v) is 8.32. The first-order chi connectivity index (χ1) is 12.5. The summed E-state index contributed by atoms with van der Waals surface area (Å²) >= 11 is 0. The van der Waals surface area contributed by atoms with Crippen molar-refractivity contribution in [1.29, 1.82) is 0 Å². The highest BCUT2D eigenvalue weighted by Crippen LogP contribution is 2.21. The molecule has 1 fully saturated rings. The molecule has 9 nitrogen and oxygen atoms in total. The molecular weight excluding hydrogens is 336 g/mol. The Bertz CT molecular complexity index is 790. The number of nitro groups is 1. The van der Waals surface area contributed by atoms with Gasteiger partial charge in [0.05, 0.1) is 17.2 Å². The third kappa shape index (κ3) is 4.31. The van der Waals surface area contributed by atoms with Crippen LogP contribution in [0.2, 0.25) is 0 Å². The molecule has 0 radical (unpaired) electrons. The van der Waals surface area contributed by atoms with E-state index >= 15 is 0 Å². The van der Waals surface area contributed by atoms with Crippen molar-refractivity contribution in [2.24, 2.45) is 0 Å². The summed E-state index contributed by atoms with van der Waals surface area (Å²) in [7, 11) is 0. The molecule has 1 aromatic heterocycles. The Morgan fingerprint density at radius 3 is 2.58 bits per heavy atom. The molecule has 0 atom stereocenters. The Balaban J connectivity index is 1.53. The maximum atomic E-state index is 12.3. The van der Waals surface area contributed by atoms with E-state index in [1.165, 1.54) is 12.1 Å². The van der Waals surface area contributed by atoms with Gasteiger partial charge in [0.15, 0.2) is 0 Å². The number of hydrogen-bond donors (Lipinski definition) is 1. The van der Waals surface area contributed by atoms with E-state index in [4.69, 9.17) is 0 Å². The van der Waals surface area contributed by atoms with Gasteiger partial charge < -0.3 is 10.2 Å². The summed E-state index contributed by atoms with van der Waals surface area (Å²) in [6.45, 7) is 4.98. The molecule has 0 saturated carbocycles. The van der Waals surface area contributed by atoms with Crippen LogP contribution in [-0.2, 0) is 4.79 Å². The largest absolute Gasteiger partial charge is 0.338 e. The molecule has 26 heavy (non-hydrogen) atoms. The van der Waals surface area contributed by atoms with E-state index in [-0.39, 0.29) is 18.1 Å². The van der Waals surface area contributed by atoms with E-state index < -0.39 is 4.92 Å². The fourth-order valence-electron chi connectivity index (χ4n) is 2.81. The van der Waals surface area contributed by atoms with Gasteiger partial charge in [0, 0.05) is 50.7 Å². The van der Waals surface area contributed by atoms with Crippen LogP contribution in [0.15, 0.2) is 36.7 Å². The molecule has 0 spiro atoms. The number of carbonyl (C=O) groups excluding carboxylic acids is 1. The van der Waals surface area contributed by atoms with E-state index in [0.717, 1.165) is 31.7 Å². The number of rotatable bonds is 5. The van der Waals surface area contributed by atoms with Crippen molar-refractivity contribution in [2.45, 2.75) is 6.92 Å². The van der Waals surface area contributed by atoms with E-state index in [0.29, 0.717) is 11.6 Å². The maximum Gasteiger partial charge on any atom is 0.271 e. The first kappa shape index (κ1) is 17.7. The number of nitrogens with zero attached hydrogens (tertiary/aromatic N) is 5. The maximum absolute atomic E-state index is 12.3. The minimum atomic E-state index is -0.472. The van der Waals surface area contributed by atoms with Gasteiger partial charge >= 0.3 is 0 Å². The minimum absolute atomic E-state index is 0.0395. The predicted octanol–water partition coefficient (Wildman–Crippen LogP) is 1.45. The number of nitrogens with one attached hydrogen (secondary N) is 1. The van der Waals surface area contributed by atoms with Gasteiger partial charge in [0.2, 0.25) is 11.9 Å². The quantitative estimate of drug-likeness (QED) is 0.638. The van der Waals surface area contributed by atoms with Gasteiger partial charge in [-0.1, -0.05) is 6.07 Å². The lowest BCUT2D eigenvalue weighted by Crippen LogP contribution is -2.49. The van der Waals surface area contributed by atoms with Crippen molar-refractivity contribution >= 4 is 23.2 Å². The van der Waals surface area contributed by atoms with Crippen molar-refractivity contribution in [3.63, 3.8) is 0 Å². The number of benzene rings is 1.